The van der Waals surface area contributed by atoms with E-state index in [4.69, 9.17) is 9.47 Å². The molecule has 155 valence electrons. The minimum absolute atomic E-state index is 0.499. The number of rotatable bonds is 8. The van der Waals surface area contributed by atoms with Crippen LogP contribution in [0, 0.1) is 6.07 Å². The molecule has 0 aliphatic heterocycles. The molecule has 0 aromatic heterocycles. The molecule has 0 aliphatic rings. The van der Waals surface area contributed by atoms with Crippen LogP contribution in [-0.4, -0.2) is 7.11 Å². The van der Waals surface area contributed by atoms with Gasteiger partial charge in [0.15, 0.2) is 0 Å². The van der Waals surface area contributed by atoms with Crippen molar-refractivity contribution in [3.8, 4) is 33.8 Å². The van der Waals surface area contributed by atoms with Gasteiger partial charge in [0.05, 0.1) is 12.7 Å². The van der Waals surface area contributed by atoms with E-state index >= 15 is 0 Å². The van der Waals surface area contributed by atoms with Crippen molar-refractivity contribution in [3.05, 3.63) is 108 Å². The maximum atomic E-state index is 6.48. The molecular weight excluding hydrogens is 380 g/mol. The van der Waals surface area contributed by atoms with Crippen LogP contribution in [0.4, 0.5) is 0 Å². The summed E-state index contributed by atoms with van der Waals surface area (Å²) in [6.07, 6.45) is 1.89. The van der Waals surface area contributed by atoms with Crippen molar-refractivity contribution in [1.29, 1.82) is 0 Å². The number of aryl methyl sites for hydroxylation is 1. The van der Waals surface area contributed by atoms with Crippen LogP contribution < -0.4 is 9.47 Å². The Morgan fingerprint density at radius 1 is 0.710 bits per heavy atom. The fraction of sp³-hybridized carbons (Fsp3) is 0.172. The summed E-state index contributed by atoms with van der Waals surface area (Å²) in [5.41, 5.74) is 6.33. The average Bonchev–Trinajstić information content (AvgIpc) is 2.84. The lowest BCUT2D eigenvalue weighted by Crippen LogP contribution is -2.04. The predicted octanol–water partition coefficient (Wildman–Crippen LogP) is 7.36. The molecule has 2 heteroatoms. The molecule has 1 radical (unpaired) electrons. The van der Waals surface area contributed by atoms with Gasteiger partial charge < -0.3 is 9.47 Å². The molecule has 0 aliphatic carbocycles. The van der Waals surface area contributed by atoms with Gasteiger partial charge in [-0.3, -0.25) is 0 Å². The first-order chi connectivity index (χ1) is 15.3. The molecule has 0 spiro atoms. The summed E-state index contributed by atoms with van der Waals surface area (Å²) in [5.74, 6) is 1.65. The molecule has 0 saturated carbocycles. The minimum atomic E-state index is 0.499. The highest BCUT2D eigenvalue weighted by Gasteiger charge is 2.22. The van der Waals surface area contributed by atoms with E-state index in [1.807, 2.05) is 54.6 Å². The largest absolute Gasteiger partial charge is 0.495 e. The summed E-state index contributed by atoms with van der Waals surface area (Å²) < 4.78 is 12.5. The zero-order chi connectivity index (χ0) is 21.5. The third-order valence-electron chi connectivity index (χ3n) is 5.29. The van der Waals surface area contributed by atoms with Gasteiger partial charge in [0.1, 0.15) is 18.1 Å². The molecule has 0 fully saturated rings. The quantitative estimate of drug-likeness (QED) is 0.304. The Kier molecular flexibility index (Phi) is 6.68. The minimum Gasteiger partial charge on any atom is -0.495 e. The van der Waals surface area contributed by atoms with E-state index in [9.17, 15) is 0 Å². The van der Waals surface area contributed by atoms with Gasteiger partial charge in [-0.2, -0.15) is 0 Å². The molecular formula is C29H27O2. The Hall–Kier alpha value is -3.52. The summed E-state index contributed by atoms with van der Waals surface area (Å²) in [7, 11) is 1.72. The predicted molar refractivity (Wildman–Crippen MR) is 127 cm³/mol. The molecule has 0 saturated heterocycles. The second kappa shape index (κ2) is 9.99. The Balaban J connectivity index is 1.92. The van der Waals surface area contributed by atoms with Crippen molar-refractivity contribution >= 4 is 0 Å². The number of hydrogen-bond donors (Lipinski definition) is 0. The van der Waals surface area contributed by atoms with Crippen molar-refractivity contribution in [2.24, 2.45) is 0 Å². The van der Waals surface area contributed by atoms with Crippen LogP contribution in [0.15, 0.2) is 91.0 Å². The number of ether oxygens (including phenoxy) is 2. The molecule has 0 amide bonds. The monoisotopic (exact) mass is 407 g/mol. The number of hydrogen-bond acceptors (Lipinski definition) is 2. The van der Waals surface area contributed by atoms with E-state index in [1.54, 1.807) is 7.11 Å². The molecule has 4 rings (SSSR count). The topological polar surface area (TPSA) is 18.5 Å². The van der Waals surface area contributed by atoms with Gasteiger partial charge in [-0.25, -0.2) is 0 Å². The van der Waals surface area contributed by atoms with Crippen molar-refractivity contribution in [3.63, 3.8) is 0 Å². The molecule has 2 nitrogen and oxygen atoms in total. The van der Waals surface area contributed by atoms with Crippen molar-refractivity contribution in [2.75, 3.05) is 7.11 Å². The van der Waals surface area contributed by atoms with E-state index in [0.29, 0.717) is 6.61 Å². The lowest BCUT2D eigenvalue weighted by molar-refractivity contribution is 0.302. The van der Waals surface area contributed by atoms with Gasteiger partial charge in [0, 0.05) is 17.2 Å². The highest BCUT2D eigenvalue weighted by Crippen LogP contribution is 2.47. The van der Waals surface area contributed by atoms with Crippen LogP contribution in [0.25, 0.3) is 22.3 Å². The van der Waals surface area contributed by atoms with Crippen LogP contribution in [-0.2, 0) is 13.0 Å². The Morgan fingerprint density at radius 2 is 1.29 bits per heavy atom. The Labute approximate surface area is 185 Å². The second-order valence-electron chi connectivity index (χ2n) is 7.47. The van der Waals surface area contributed by atoms with Gasteiger partial charge >= 0.3 is 0 Å². The Bertz CT molecular complexity index is 1100. The maximum Gasteiger partial charge on any atom is 0.138 e. The van der Waals surface area contributed by atoms with Gasteiger partial charge in [-0.1, -0.05) is 104 Å². The second-order valence-corrected chi connectivity index (χ2v) is 7.47. The van der Waals surface area contributed by atoms with E-state index in [1.165, 1.54) is 0 Å². The standard InChI is InChI=1S/C29H27O2/c1-3-13-25-20-26(23-16-9-5-10-17-23)29(30-2)27(24-18-11-6-12-19-24)28(25)31-21-22-14-7-4-8-15-22/h4-12,14-19H,3,13,21H2,1-2H3. The highest BCUT2D eigenvalue weighted by atomic mass is 16.5. The van der Waals surface area contributed by atoms with Crippen molar-refractivity contribution < 1.29 is 9.47 Å². The van der Waals surface area contributed by atoms with Crippen molar-refractivity contribution in [2.45, 2.75) is 26.4 Å². The Morgan fingerprint density at radius 3 is 1.87 bits per heavy atom. The molecule has 0 heterocycles. The first-order valence-electron chi connectivity index (χ1n) is 10.8. The maximum absolute atomic E-state index is 6.48. The molecule has 0 N–H and O–H groups in total. The third kappa shape index (κ3) is 4.64. The molecule has 0 atom stereocenters. The summed E-state index contributed by atoms with van der Waals surface area (Å²) in [4.78, 5) is 0. The lowest BCUT2D eigenvalue weighted by atomic mass is 9.91. The summed E-state index contributed by atoms with van der Waals surface area (Å²) in [6, 6.07) is 34.6. The molecule has 31 heavy (non-hydrogen) atoms. The lowest BCUT2D eigenvalue weighted by Gasteiger charge is -2.22. The molecule has 4 aromatic rings. The summed E-state index contributed by atoms with van der Waals surface area (Å²) in [5, 5.41) is 0. The highest BCUT2D eigenvalue weighted by molar-refractivity contribution is 5.87. The van der Waals surface area contributed by atoms with Crippen LogP contribution in [0.2, 0.25) is 0 Å². The van der Waals surface area contributed by atoms with E-state index < -0.39 is 0 Å². The SMILES string of the molecule is CCCc1[c]c(-c2ccccc2)c(OC)c(-c2ccccc2)c1OCc1ccccc1. The first-order valence-corrected chi connectivity index (χ1v) is 10.8. The van der Waals surface area contributed by atoms with Gasteiger partial charge in [-0.05, 0) is 23.1 Å². The van der Waals surface area contributed by atoms with E-state index in [-0.39, 0.29) is 0 Å². The fourth-order valence-corrected chi connectivity index (χ4v) is 3.84. The average molecular weight is 408 g/mol. The van der Waals surface area contributed by atoms with Gasteiger partial charge in [-0.15, -0.1) is 0 Å². The molecule has 4 aromatic carbocycles. The van der Waals surface area contributed by atoms with Gasteiger partial charge in [0.2, 0.25) is 0 Å². The fourth-order valence-electron chi connectivity index (χ4n) is 3.84. The zero-order valence-electron chi connectivity index (χ0n) is 18.1. The third-order valence-corrected chi connectivity index (χ3v) is 5.29. The van der Waals surface area contributed by atoms with Crippen LogP contribution in [0.5, 0.6) is 11.5 Å². The normalized spacial score (nSPS) is 10.6. The summed E-state index contributed by atoms with van der Waals surface area (Å²) in [6.45, 7) is 2.68. The van der Waals surface area contributed by atoms with Crippen LogP contribution >= 0.6 is 0 Å². The zero-order valence-corrected chi connectivity index (χ0v) is 18.1. The molecule has 0 unspecified atom stereocenters. The van der Waals surface area contributed by atoms with Gasteiger partial charge in [0.25, 0.3) is 0 Å². The van der Waals surface area contributed by atoms with E-state index in [0.717, 1.165) is 57.7 Å². The summed E-state index contributed by atoms with van der Waals surface area (Å²) >= 11 is 0. The van der Waals surface area contributed by atoms with E-state index in [2.05, 4.69) is 49.4 Å². The first kappa shape index (κ1) is 20.7. The van der Waals surface area contributed by atoms with Crippen LogP contribution in [0.3, 0.4) is 0 Å². The number of methoxy groups -OCH3 is 1. The number of benzene rings is 4. The smallest absolute Gasteiger partial charge is 0.138 e. The van der Waals surface area contributed by atoms with Crippen molar-refractivity contribution in [1.82, 2.24) is 0 Å². The van der Waals surface area contributed by atoms with Crippen LogP contribution in [0.1, 0.15) is 24.5 Å². The molecule has 0 bridgehead atoms.